The van der Waals surface area contributed by atoms with E-state index in [1.165, 1.54) is 78.6 Å². The molecule has 0 aromatic heterocycles. The molecule has 738 valence electrons. The van der Waals surface area contributed by atoms with E-state index in [2.05, 4.69) is 231 Å². The summed E-state index contributed by atoms with van der Waals surface area (Å²) >= 11 is 0. The minimum Gasteiger partial charge on any atom is -0.375 e. The topological polar surface area (TPSA) is 137 Å². The van der Waals surface area contributed by atoms with Crippen LogP contribution in [0.15, 0.2) is 0 Å². The molecule has 21 saturated heterocycles. The van der Waals surface area contributed by atoms with E-state index in [1.807, 2.05) is 0 Å². The number of alkyl halides is 9. The molecule has 21 aliphatic heterocycles. The first-order valence-electron chi connectivity index (χ1n) is 48.8. The molecule has 0 aromatic rings. The Balaban J connectivity index is 0.000000140. The van der Waals surface area contributed by atoms with Crippen LogP contribution in [0.4, 0.5) is 39.5 Å². The van der Waals surface area contributed by atoms with Gasteiger partial charge in [-0.2, -0.15) is 39.5 Å². The average molecular weight is 1930 g/mol. The van der Waals surface area contributed by atoms with Crippen molar-refractivity contribution in [3.05, 3.63) is 0 Å². The lowest BCUT2D eigenvalue weighted by Crippen LogP contribution is -2.83. The fourth-order valence-corrected chi connectivity index (χ4v) is 64.2. The highest BCUT2D eigenvalue weighted by atomic mass is 31.1. The Labute approximate surface area is 767 Å². The predicted molar refractivity (Wildman–Crippen MR) is 499 cm³/mol. The minimum atomic E-state index is -5.63. The van der Waals surface area contributed by atoms with Crippen molar-refractivity contribution in [2.45, 2.75) is 607 Å². The number of ketones is 1. The van der Waals surface area contributed by atoms with E-state index in [0.29, 0.717) is 49.7 Å². The molecule has 22 rings (SSSR count). The molecule has 0 amide bonds. The zero-order valence-corrected chi connectivity index (χ0v) is 90.4. The van der Waals surface area contributed by atoms with Crippen LogP contribution in [0.1, 0.15) is 435 Å². The summed E-state index contributed by atoms with van der Waals surface area (Å²) in [4.78, 5) is 12.5. The summed E-state index contributed by atoms with van der Waals surface area (Å²) in [5, 5.41) is -4.55. The van der Waals surface area contributed by atoms with Crippen molar-refractivity contribution in [3.8, 4) is 0 Å². The van der Waals surface area contributed by atoms with Crippen LogP contribution in [0.25, 0.3) is 0 Å². The van der Waals surface area contributed by atoms with E-state index in [4.69, 9.17) is 52.1 Å². The Morgan fingerprint density at radius 1 is 0.331 bits per heavy atom. The van der Waals surface area contributed by atoms with E-state index in [0.717, 1.165) is 122 Å². The molecule has 127 heavy (non-hydrogen) atoms. The number of hydrogen-bond donors (Lipinski definition) is 0. The molecular formula is C98H169F9O14P6. The highest BCUT2D eigenvalue weighted by Crippen LogP contribution is 2.89. The number of fused-ring (bicyclic) bond motifs is 1. The number of carbonyl (C=O) groups excluding carboxylic acids is 1. The summed E-state index contributed by atoms with van der Waals surface area (Å²) in [7, 11) is -3.99. The van der Waals surface area contributed by atoms with Gasteiger partial charge in [0.2, 0.25) is 0 Å². The minimum absolute atomic E-state index is 0.0450. The molecule has 22 aliphatic rings. The quantitative estimate of drug-likeness (QED) is 0.135. The third-order valence-corrected chi connectivity index (χ3v) is 55.0. The van der Waals surface area contributed by atoms with Gasteiger partial charge in [-0.05, 0) is 195 Å². The SMILES string of the molecule is CC(C)(C)P1C(C)(C)CC(=O)C2CCCCC21C.CC(C)(C)P1C2(C)CC3(C(F)(F)F)OC(C(F)(F)F)(CC1(C(F)(F)F)O3)O2.CC(C)(C)P1C2(C)CC3CC1(C)CC(C2)O3.CC12CC3(C)OC(C)(CC(C)(O1)P3C(C)(C)C)O2.CCC12CC3(CC)OC(CC)(CC(CC)(O1)P3C(C)(C)C)O2.CCCC12CC3(CCC)OC(CCC)(CC(CCC)(O1)P3C(C)(C)C)O2. The van der Waals surface area contributed by atoms with Crippen molar-refractivity contribution in [1.29, 1.82) is 0 Å². The standard InChI is InChI=1S/C22H41O3P.C18H33O3P.C16H29OP.C14H16F9O3P.C14H25O3P.C14H25OP/c1-8-12-19-16-21(14-10-3)25-20(23-19,13-9-2)17-22(24-19,15-11-4)26(21)18(5,6)7;1-8-15-12-17(10-3)21-16(9-2,19-15)13-18(11-4,20-15)22(17)14(5,6)7;1-14(2,3)18-15(4,5)11-13(17)12-9-7-8-10-16(12,18)6;1-7(2,3)27-8(4)5-9(12(15,16)17)25-10(24-8,13(18,19)20)6-11(27,26-9)14(21,22)23;1-10(2,3)18-13(6)8-11(4)15-12(5,17-13)9-14(18,7)16-11;1-12(2,3)16-13(4)6-10-8-14(16,5)9-11(7-13)15-10/h8-17H2,1-7H3;8-13H2,1-7H3;12H,7-11H2,1-6H3;5-6H2,1-4H3;8-9H2,1-7H3;10-11H,6-9H2,1-5H3. The van der Waals surface area contributed by atoms with Crippen molar-refractivity contribution in [2.24, 2.45) is 5.92 Å². The maximum atomic E-state index is 14.1. The first-order chi connectivity index (χ1) is 57.2. The van der Waals surface area contributed by atoms with Gasteiger partial charge in [0.1, 0.15) is 5.78 Å². The van der Waals surface area contributed by atoms with Gasteiger partial charge in [-0.3, -0.25) is 4.79 Å². The van der Waals surface area contributed by atoms with Crippen LogP contribution in [-0.2, 0) is 66.4 Å². The number of halogens is 9. The van der Waals surface area contributed by atoms with Crippen LogP contribution in [-0.4, -0.2) is 177 Å². The summed E-state index contributed by atoms with van der Waals surface area (Å²) in [6.07, 6.45) is 10.4. The van der Waals surface area contributed by atoms with Crippen molar-refractivity contribution < 1.29 is 106 Å². The summed E-state index contributed by atoms with van der Waals surface area (Å²) < 4.78 is 204. The van der Waals surface area contributed by atoms with Crippen LogP contribution in [0.5, 0.6) is 0 Å². The molecule has 0 N–H and O–H groups in total. The number of ether oxygens (including phenoxy) is 13. The zero-order chi connectivity index (χ0) is 96.0. The van der Waals surface area contributed by atoms with Gasteiger partial charge >= 0.3 is 18.5 Å². The summed E-state index contributed by atoms with van der Waals surface area (Å²) in [6.45, 7) is 79.8. The van der Waals surface area contributed by atoms with Crippen LogP contribution in [0.3, 0.4) is 0 Å². The molecule has 21 heterocycles. The molecule has 22 fully saturated rings. The number of rotatable bonds is 12. The second kappa shape index (κ2) is 33.1. The molecule has 1 aliphatic carbocycles. The van der Waals surface area contributed by atoms with E-state index >= 15 is 0 Å². The highest BCUT2D eigenvalue weighted by Gasteiger charge is 2.91. The Hall–Kier alpha value is 1.10. The van der Waals surface area contributed by atoms with Gasteiger partial charge < -0.3 is 61.6 Å². The Kier molecular flexibility index (Phi) is 27.9. The third kappa shape index (κ3) is 18.1. The Bertz CT molecular complexity index is 3770. The second-order valence-corrected chi connectivity index (χ2v) is 73.2. The zero-order valence-electron chi connectivity index (χ0n) is 85.0. The first-order valence-corrected chi connectivity index (χ1v) is 56.8. The van der Waals surface area contributed by atoms with Gasteiger partial charge in [0.05, 0.1) is 56.0 Å². The normalized spacial score (nSPS) is 48.7. The van der Waals surface area contributed by atoms with E-state index in [1.54, 1.807) is 0 Å². The molecule has 20 unspecified atom stereocenters. The van der Waals surface area contributed by atoms with Crippen LogP contribution >= 0.6 is 47.5 Å². The van der Waals surface area contributed by atoms with Crippen LogP contribution in [0.2, 0.25) is 0 Å². The summed E-state index contributed by atoms with van der Waals surface area (Å²) in [5.41, 5.74) is 0. The van der Waals surface area contributed by atoms with Crippen LogP contribution in [0, 0.1) is 5.92 Å². The van der Waals surface area contributed by atoms with Crippen molar-refractivity contribution >= 4 is 53.3 Å². The van der Waals surface area contributed by atoms with Crippen molar-refractivity contribution in [3.63, 3.8) is 0 Å². The average Bonchev–Trinajstić information content (AvgIpc) is 0.717. The van der Waals surface area contributed by atoms with Gasteiger partial charge in [-0.25, -0.2) is 0 Å². The largest absolute Gasteiger partial charge is 0.443 e. The molecule has 20 bridgehead atoms. The monoisotopic (exact) mass is 1930 g/mol. The maximum absolute atomic E-state index is 14.1. The van der Waals surface area contributed by atoms with E-state index in [-0.39, 0.29) is 68.5 Å². The van der Waals surface area contributed by atoms with Gasteiger partial charge in [0.25, 0.3) is 11.6 Å². The fraction of sp³-hybridized carbons (Fsp3) is 0.990. The van der Waals surface area contributed by atoms with E-state index < -0.39 is 125 Å². The van der Waals surface area contributed by atoms with Gasteiger partial charge in [-0.15, -0.1) is 0 Å². The van der Waals surface area contributed by atoms with Crippen molar-refractivity contribution in [2.75, 3.05) is 0 Å². The smallest absolute Gasteiger partial charge is 0.375 e. The fourth-order valence-electron chi connectivity index (χ4n) is 31.6. The van der Waals surface area contributed by atoms with Gasteiger partial charge in [0.15, 0.2) is 40.1 Å². The summed E-state index contributed by atoms with van der Waals surface area (Å²) in [5.74, 6) is -9.84. The Morgan fingerprint density at radius 2 is 0.685 bits per heavy atom. The Morgan fingerprint density at radius 3 is 1.04 bits per heavy atom. The summed E-state index contributed by atoms with van der Waals surface area (Å²) in [6, 6.07) is 0. The van der Waals surface area contributed by atoms with E-state index in [9.17, 15) is 44.3 Å². The molecule has 29 heteroatoms. The molecule has 14 nitrogen and oxygen atoms in total. The van der Waals surface area contributed by atoms with Crippen molar-refractivity contribution in [1.82, 2.24) is 0 Å². The van der Waals surface area contributed by atoms with Crippen LogP contribution < -0.4 is 0 Å². The predicted octanol–water partition coefficient (Wildman–Crippen LogP) is 31.4. The molecule has 1 saturated carbocycles. The highest BCUT2D eigenvalue weighted by molar-refractivity contribution is 7.64. The van der Waals surface area contributed by atoms with Gasteiger partial charge in [0, 0.05) is 70.1 Å². The lowest BCUT2D eigenvalue weighted by Gasteiger charge is -2.74. The molecule has 20 atom stereocenters. The molecular weight excluding hydrogens is 1760 g/mol. The number of Topliss-reactive ketones (excluding diaryl/α,β-unsaturated/α-hetero) is 1. The number of carbonyl (C=O) groups is 1. The molecule has 0 aromatic carbocycles. The van der Waals surface area contributed by atoms with Gasteiger partial charge in [-0.1, -0.05) is 269 Å². The number of hydrogen-bond acceptors (Lipinski definition) is 14. The third-order valence-electron chi connectivity index (χ3n) is 31.0. The molecule has 0 radical (unpaired) electrons. The molecule has 0 spiro atoms. The lowest BCUT2D eigenvalue weighted by atomic mass is 9.74. The maximum Gasteiger partial charge on any atom is 0.443 e. The lowest BCUT2D eigenvalue weighted by molar-refractivity contribution is -0.579. The first kappa shape index (κ1) is 107. The second-order valence-electron chi connectivity index (χ2n) is 49.9.